The molecule has 19 heavy (non-hydrogen) atoms. The van der Waals surface area contributed by atoms with Crippen LogP contribution in [0.2, 0.25) is 10.0 Å². The third-order valence-electron chi connectivity index (χ3n) is 3.17. The Balaban J connectivity index is 2.14. The highest BCUT2D eigenvalue weighted by Crippen LogP contribution is 2.29. The van der Waals surface area contributed by atoms with Crippen LogP contribution < -0.4 is 0 Å². The molecule has 1 heterocycles. The van der Waals surface area contributed by atoms with Crippen molar-refractivity contribution >= 4 is 34.8 Å². The van der Waals surface area contributed by atoms with Gasteiger partial charge in [-0.25, -0.2) is 0 Å². The van der Waals surface area contributed by atoms with E-state index in [0.717, 1.165) is 25.2 Å². The molecular formula is C14H18Cl3NO. The second-order valence-electron chi connectivity index (χ2n) is 5.52. The fourth-order valence-electron chi connectivity index (χ4n) is 2.52. The van der Waals surface area contributed by atoms with E-state index in [1.165, 1.54) is 0 Å². The molecule has 1 saturated heterocycles. The molecule has 0 spiro atoms. The molecule has 0 aromatic heterocycles. The summed E-state index contributed by atoms with van der Waals surface area (Å²) in [5.41, 5.74) is 0.766. The summed E-state index contributed by atoms with van der Waals surface area (Å²) in [5, 5.41) is 1.42. The Kier molecular flexibility index (Phi) is 5.02. The number of rotatable bonds is 3. The van der Waals surface area contributed by atoms with Gasteiger partial charge in [-0.15, -0.1) is 11.6 Å². The molecule has 1 aromatic carbocycles. The van der Waals surface area contributed by atoms with Crippen LogP contribution in [0.4, 0.5) is 0 Å². The minimum absolute atomic E-state index is 0.0479. The van der Waals surface area contributed by atoms with Gasteiger partial charge in [0, 0.05) is 41.1 Å². The predicted octanol–water partition coefficient (Wildman–Crippen LogP) is 4.21. The van der Waals surface area contributed by atoms with E-state index in [1.807, 2.05) is 18.2 Å². The average molecular weight is 323 g/mol. The van der Waals surface area contributed by atoms with Crippen molar-refractivity contribution in [1.82, 2.24) is 4.90 Å². The van der Waals surface area contributed by atoms with Crippen molar-refractivity contribution in [2.75, 3.05) is 19.0 Å². The molecule has 0 N–H and O–H groups in total. The average Bonchev–Trinajstić information content (AvgIpc) is 2.32. The Morgan fingerprint density at radius 2 is 1.95 bits per heavy atom. The van der Waals surface area contributed by atoms with Gasteiger partial charge in [0.05, 0.1) is 11.7 Å². The minimum atomic E-state index is -0.203. The largest absolute Gasteiger partial charge is 0.368 e. The Hall–Kier alpha value is 0.01000. The first-order chi connectivity index (χ1) is 8.91. The fourth-order valence-corrected chi connectivity index (χ4v) is 3.20. The van der Waals surface area contributed by atoms with Crippen LogP contribution in [-0.4, -0.2) is 35.6 Å². The van der Waals surface area contributed by atoms with Crippen molar-refractivity contribution in [2.24, 2.45) is 0 Å². The minimum Gasteiger partial charge on any atom is -0.368 e. The molecule has 2 nitrogen and oxygen atoms in total. The van der Waals surface area contributed by atoms with Crippen molar-refractivity contribution in [3.05, 3.63) is 33.8 Å². The first kappa shape index (κ1) is 15.4. The van der Waals surface area contributed by atoms with Crippen LogP contribution in [-0.2, 0) is 11.3 Å². The highest BCUT2D eigenvalue weighted by Gasteiger charge is 2.33. The van der Waals surface area contributed by atoms with Crippen LogP contribution in [0.3, 0.4) is 0 Å². The lowest BCUT2D eigenvalue weighted by molar-refractivity contribution is -0.129. The number of hydrogen-bond donors (Lipinski definition) is 0. The maximum atomic E-state index is 6.22. The summed E-state index contributed by atoms with van der Waals surface area (Å²) >= 11 is 18.4. The second-order valence-corrected chi connectivity index (χ2v) is 6.65. The first-order valence-electron chi connectivity index (χ1n) is 6.30. The molecule has 1 unspecified atom stereocenters. The van der Waals surface area contributed by atoms with Crippen molar-refractivity contribution in [2.45, 2.75) is 32.1 Å². The van der Waals surface area contributed by atoms with E-state index >= 15 is 0 Å². The summed E-state index contributed by atoms with van der Waals surface area (Å²) in [5.74, 6) is 0.496. The van der Waals surface area contributed by atoms with Crippen LogP contribution in [0.5, 0.6) is 0 Å². The van der Waals surface area contributed by atoms with Crippen LogP contribution in [0.15, 0.2) is 18.2 Å². The van der Waals surface area contributed by atoms with Crippen LogP contribution in [0, 0.1) is 0 Å². The maximum Gasteiger partial charge on any atom is 0.0845 e. The van der Waals surface area contributed by atoms with Gasteiger partial charge in [-0.05, 0) is 26.0 Å². The molecule has 1 aliphatic rings. The van der Waals surface area contributed by atoms with Crippen molar-refractivity contribution in [1.29, 1.82) is 0 Å². The lowest BCUT2D eigenvalue weighted by Gasteiger charge is -2.42. The van der Waals surface area contributed by atoms with Gasteiger partial charge < -0.3 is 4.74 Å². The maximum absolute atomic E-state index is 6.22. The predicted molar refractivity (Wildman–Crippen MR) is 81.4 cm³/mol. The standard InChI is InChI=1S/C14H18Cl3NO/c1-14(2)9-18(7-10(6-15)19-14)8-11-12(16)4-3-5-13(11)17/h3-5,10H,6-9H2,1-2H3. The van der Waals surface area contributed by atoms with Crippen LogP contribution >= 0.6 is 34.8 Å². The number of nitrogens with zero attached hydrogens (tertiary/aromatic N) is 1. The van der Waals surface area contributed by atoms with Gasteiger partial charge in [0.2, 0.25) is 0 Å². The molecule has 1 aliphatic heterocycles. The zero-order chi connectivity index (χ0) is 14.0. The summed E-state index contributed by atoms with van der Waals surface area (Å²) in [6.07, 6.45) is 0.0479. The number of alkyl halides is 1. The molecule has 106 valence electrons. The lowest BCUT2D eigenvalue weighted by atomic mass is 10.0. The van der Waals surface area contributed by atoms with Crippen LogP contribution in [0.1, 0.15) is 19.4 Å². The van der Waals surface area contributed by atoms with Gasteiger partial charge in [0.25, 0.3) is 0 Å². The lowest BCUT2D eigenvalue weighted by Crippen LogP contribution is -2.52. The highest BCUT2D eigenvalue weighted by molar-refractivity contribution is 6.35. The van der Waals surface area contributed by atoms with Gasteiger partial charge in [-0.1, -0.05) is 29.3 Å². The zero-order valence-corrected chi connectivity index (χ0v) is 13.4. The summed E-state index contributed by atoms with van der Waals surface area (Å²) in [6.45, 7) is 6.51. The van der Waals surface area contributed by atoms with E-state index in [4.69, 9.17) is 39.5 Å². The van der Waals surface area contributed by atoms with Crippen molar-refractivity contribution in [3.63, 3.8) is 0 Å². The molecule has 0 amide bonds. The normalized spacial score (nSPS) is 23.5. The van der Waals surface area contributed by atoms with Gasteiger partial charge >= 0.3 is 0 Å². The third-order valence-corrected chi connectivity index (χ3v) is 4.22. The van der Waals surface area contributed by atoms with Gasteiger partial charge in [-0.3, -0.25) is 4.90 Å². The number of halogens is 3. The number of ether oxygens (including phenoxy) is 1. The quantitative estimate of drug-likeness (QED) is 0.773. The van der Waals surface area contributed by atoms with Crippen molar-refractivity contribution in [3.8, 4) is 0 Å². The topological polar surface area (TPSA) is 12.5 Å². The van der Waals surface area contributed by atoms with E-state index in [0.29, 0.717) is 15.9 Å². The summed E-state index contributed by atoms with van der Waals surface area (Å²) in [4.78, 5) is 2.30. The molecule has 0 radical (unpaired) electrons. The molecule has 0 aliphatic carbocycles. The van der Waals surface area contributed by atoms with Gasteiger partial charge in [0.1, 0.15) is 0 Å². The molecule has 1 fully saturated rings. The van der Waals surface area contributed by atoms with E-state index < -0.39 is 0 Å². The van der Waals surface area contributed by atoms with E-state index in [9.17, 15) is 0 Å². The molecule has 0 bridgehead atoms. The fraction of sp³-hybridized carbons (Fsp3) is 0.571. The third kappa shape index (κ3) is 3.99. The molecule has 1 atom stereocenters. The van der Waals surface area contributed by atoms with E-state index in [1.54, 1.807) is 0 Å². The summed E-state index contributed by atoms with van der Waals surface area (Å²) in [6, 6.07) is 5.60. The number of benzene rings is 1. The van der Waals surface area contributed by atoms with Crippen LogP contribution in [0.25, 0.3) is 0 Å². The highest BCUT2D eigenvalue weighted by atomic mass is 35.5. The van der Waals surface area contributed by atoms with Gasteiger partial charge in [-0.2, -0.15) is 0 Å². The number of hydrogen-bond acceptors (Lipinski definition) is 2. The zero-order valence-electron chi connectivity index (χ0n) is 11.1. The molecule has 5 heteroatoms. The van der Waals surface area contributed by atoms with Gasteiger partial charge in [0.15, 0.2) is 0 Å². The smallest absolute Gasteiger partial charge is 0.0845 e. The SMILES string of the molecule is CC1(C)CN(Cc2c(Cl)cccc2Cl)CC(CCl)O1. The van der Waals surface area contributed by atoms with E-state index in [2.05, 4.69) is 18.7 Å². The Bertz CT molecular complexity index is 430. The monoisotopic (exact) mass is 321 g/mol. The molecular weight excluding hydrogens is 305 g/mol. The first-order valence-corrected chi connectivity index (χ1v) is 7.59. The Labute approximate surface area is 129 Å². The molecule has 0 saturated carbocycles. The molecule has 2 rings (SSSR count). The van der Waals surface area contributed by atoms with Crippen molar-refractivity contribution < 1.29 is 4.74 Å². The Morgan fingerprint density at radius 1 is 1.32 bits per heavy atom. The molecule has 1 aromatic rings. The van der Waals surface area contributed by atoms with E-state index in [-0.39, 0.29) is 11.7 Å². The Morgan fingerprint density at radius 3 is 2.53 bits per heavy atom. The number of morpholine rings is 1. The summed E-state index contributed by atoms with van der Waals surface area (Å²) < 4.78 is 5.91. The summed E-state index contributed by atoms with van der Waals surface area (Å²) in [7, 11) is 0. The second kappa shape index (κ2) is 6.19.